The van der Waals surface area contributed by atoms with Crippen molar-refractivity contribution >= 4 is 53.1 Å². The molecule has 0 unspecified atom stereocenters. The van der Waals surface area contributed by atoms with Gasteiger partial charge in [-0.3, -0.25) is 0 Å². The first kappa shape index (κ1) is 31.9. The lowest BCUT2D eigenvalue weighted by Gasteiger charge is -2.09. The number of carbonyl (C=O) groups excluding carboxylic acids is 1. The van der Waals surface area contributed by atoms with Crippen molar-refractivity contribution in [3.63, 3.8) is 0 Å². The van der Waals surface area contributed by atoms with E-state index in [0.29, 0.717) is 22.4 Å². The van der Waals surface area contributed by atoms with E-state index in [1.54, 1.807) is 34.9 Å². The fourth-order valence-electron chi connectivity index (χ4n) is 3.98. The van der Waals surface area contributed by atoms with Crippen LogP contribution in [0.1, 0.15) is 42.9 Å². The van der Waals surface area contributed by atoms with E-state index < -0.39 is 5.97 Å². The van der Waals surface area contributed by atoms with E-state index in [4.69, 9.17) is 14.5 Å². The van der Waals surface area contributed by atoms with Gasteiger partial charge in [-0.15, -0.1) is 22.7 Å². The fraction of sp³-hybridized carbons (Fsp3) is 0.219. The van der Waals surface area contributed by atoms with E-state index in [-0.39, 0.29) is 13.5 Å². The number of ether oxygens (including phenoxy) is 2. The predicted octanol–water partition coefficient (Wildman–Crippen LogP) is 9.59. The zero-order chi connectivity index (χ0) is 28.5. The number of aromatic nitrogens is 2. The minimum atomic E-state index is -0.455. The number of thiazole rings is 1. The summed E-state index contributed by atoms with van der Waals surface area (Å²) in [6.45, 7) is 8.37. The molecule has 0 aliphatic heterocycles. The summed E-state index contributed by atoms with van der Waals surface area (Å²) in [6.07, 6.45) is 2.63. The summed E-state index contributed by atoms with van der Waals surface area (Å²) in [5, 5.41) is 5.94. The molecule has 0 spiro atoms. The maximum Gasteiger partial charge on any atom is 0.341 e. The van der Waals surface area contributed by atoms with Crippen molar-refractivity contribution in [3.8, 4) is 33.2 Å². The van der Waals surface area contributed by atoms with E-state index in [1.807, 2.05) is 86.0 Å². The lowest BCUT2D eigenvalue weighted by molar-refractivity contribution is 0.0601. The van der Waals surface area contributed by atoms with Crippen molar-refractivity contribution in [3.05, 3.63) is 94.8 Å². The number of methoxy groups -OCH3 is 1. The highest BCUT2D eigenvalue weighted by atomic mass is 32.1. The van der Waals surface area contributed by atoms with Crippen LogP contribution in [0, 0.1) is 5.92 Å². The van der Waals surface area contributed by atoms with Gasteiger partial charge < -0.3 is 14.8 Å². The molecular formula is C32H35N3O3S3. The minimum absolute atomic E-state index is 0. The Morgan fingerprint density at radius 2 is 1.71 bits per heavy atom. The Morgan fingerprint density at radius 1 is 0.951 bits per heavy atom. The van der Waals surface area contributed by atoms with Gasteiger partial charge in [-0.05, 0) is 54.1 Å². The van der Waals surface area contributed by atoms with Gasteiger partial charge in [-0.2, -0.15) is 13.5 Å². The van der Waals surface area contributed by atoms with Crippen molar-refractivity contribution in [1.82, 2.24) is 9.97 Å². The van der Waals surface area contributed by atoms with Crippen molar-refractivity contribution in [2.45, 2.75) is 34.1 Å². The molecule has 0 bridgehead atoms. The number of nitrogens with one attached hydrogen (secondary N) is 1. The molecule has 9 heteroatoms. The van der Waals surface area contributed by atoms with Crippen LogP contribution in [0.2, 0.25) is 0 Å². The number of nitrogens with zero attached hydrogens (tertiary/aromatic N) is 2. The molecule has 0 saturated carbocycles. The van der Waals surface area contributed by atoms with Crippen LogP contribution >= 0.6 is 36.2 Å². The monoisotopic (exact) mass is 605 g/mol. The van der Waals surface area contributed by atoms with Gasteiger partial charge in [-0.25, -0.2) is 14.8 Å². The largest absolute Gasteiger partial charge is 0.465 e. The van der Waals surface area contributed by atoms with Crippen molar-refractivity contribution in [2.75, 3.05) is 12.4 Å². The Hall–Kier alpha value is -3.66. The quantitative estimate of drug-likeness (QED) is 0.169. The summed E-state index contributed by atoms with van der Waals surface area (Å²) in [6, 6.07) is 23.4. The molecule has 41 heavy (non-hydrogen) atoms. The Bertz CT molecular complexity index is 1530. The third-order valence-electron chi connectivity index (χ3n) is 5.70. The number of hydrogen-bond donors (Lipinski definition) is 1. The van der Waals surface area contributed by atoms with Crippen LogP contribution in [0.3, 0.4) is 0 Å². The molecule has 214 valence electrons. The molecule has 0 amide bonds. The van der Waals surface area contributed by atoms with Crippen LogP contribution in [0.4, 0.5) is 10.9 Å². The van der Waals surface area contributed by atoms with E-state index >= 15 is 0 Å². The number of esters is 1. The molecule has 5 aromatic rings. The predicted molar refractivity (Wildman–Crippen MR) is 177 cm³/mol. The molecule has 3 heterocycles. The molecule has 5 rings (SSSR count). The number of rotatable bonds is 9. The van der Waals surface area contributed by atoms with E-state index in [0.717, 1.165) is 44.5 Å². The van der Waals surface area contributed by atoms with Crippen molar-refractivity contribution < 1.29 is 14.3 Å². The molecule has 0 saturated heterocycles. The van der Waals surface area contributed by atoms with Gasteiger partial charge in [-0.1, -0.05) is 64.1 Å². The Kier molecular flexibility index (Phi) is 11.9. The number of para-hydroxylation sites is 1. The summed E-state index contributed by atoms with van der Waals surface area (Å²) in [5.41, 5.74) is 3.08. The zero-order valence-corrected chi connectivity index (χ0v) is 26.4. The van der Waals surface area contributed by atoms with Crippen LogP contribution in [-0.2, 0) is 11.2 Å². The van der Waals surface area contributed by atoms with Gasteiger partial charge in [0, 0.05) is 27.1 Å². The zero-order valence-electron chi connectivity index (χ0n) is 23.8. The van der Waals surface area contributed by atoms with Gasteiger partial charge in [0.25, 0.3) is 0 Å². The number of carbonyl (C=O) groups is 1. The average molecular weight is 606 g/mol. The van der Waals surface area contributed by atoms with Crippen LogP contribution in [0.5, 0.6) is 11.5 Å². The number of thiophene rings is 1. The summed E-state index contributed by atoms with van der Waals surface area (Å²) in [7, 11) is 1.37. The molecule has 0 atom stereocenters. The maximum atomic E-state index is 12.6. The molecule has 2 aromatic carbocycles. The Balaban J connectivity index is 0.00000151. The van der Waals surface area contributed by atoms with Crippen molar-refractivity contribution in [1.29, 1.82) is 0 Å². The Labute approximate surface area is 256 Å². The summed E-state index contributed by atoms with van der Waals surface area (Å²) in [5.74, 6) is 1.92. The number of anilines is 2. The number of hydrogen-bond acceptors (Lipinski definition) is 8. The number of pyridine rings is 1. The Morgan fingerprint density at radius 3 is 2.39 bits per heavy atom. The second-order valence-corrected chi connectivity index (χ2v) is 11.1. The molecule has 0 fully saturated rings. The second kappa shape index (κ2) is 15.4. The van der Waals surface area contributed by atoms with Crippen LogP contribution in [0.25, 0.3) is 21.7 Å². The first-order valence-electron chi connectivity index (χ1n) is 13.2. The second-order valence-electron chi connectivity index (χ2n) is 9.05. The third-order valence-corrected chi connectivity index (χ3v) is 7.61. The SMILES string of the molecule is CC.COC(=O)c1cc(-c2cccs2)cnc1Nc1nc(-c2cccc(Oc3ccccc3)c2)c(CC(C)C)s1.S. The van der Waals surface area contributed by atoms with Gasteiger partial charge in [0.1, 0.15) is 22.9 Å². The van der Waals surface area contributed by atoms with Gasteiger partial charge in [0.05, 0.1) is 12.8 Å². The number of benzene rings is 2. The molecule has 6 nitrogen and oxygen atoms in total. The smallest absolute Gasteiger partial charge is 0.341 e. The first-order valence-corrected chi connectivity index (χ1v) is 14.9. The highest BCUT2D eigenvalue weighted by Gasteiger charge is 2.20. The maximum absolute atomic E-state index is 12.6. The normalized spacial score (nSPS) is 10.3. The molecule has 3 aromatic heterocycles. The first-order chi connectivity index (χ1) is 19.5. The van der Waals surface area contributed by atoms with E-state index in [2.05, 4.69) is 24.1 Å². The van der Waals surface area contributed by atoms with Gasteiger partial charge >= 0.3 is 5.97 Å². The molecule has 0 aliphatic rings. The summed E-state index contributed by atoms with van der Waals surface area (Å²) in [4.78, 5) is 24.3. The summed E-state index contributed by atoms with van der Waals surface area (Å²) < 4.78 is 11.1. The third kappa shape index (κ3) is 8.19. The highest BCUT2D eigenvalue weighted by molar-refractivity contribution is 7.59. The van der Waals surface area contributed by atoms with Crippen molar-refractivity contribution in [2.24, 2.45) is 5.92 Å². The van der Waals surface area contributed by atoms with Crippen LogP contribution in [0.15, 0.2) is 84.4 Å². The lowest BCUT2D eigenvalue weighted by atomic mass is 10.0. The summed E-state index contributed by atoms with van der Waals surface area (Å²) >= 11 is 3.16. The molecule has 0 radical (unpaired) electrons. The standard InChI is InChI=1S/C30H27N3O3S2.C2H6.H2S/c1-19(2)15-26-27(20-9-7-12-23(16-20)36-22-10-5-4-6-11-22)32-30(38-26)33-28-24(29(34)35-3)17-21(18-31-28)25-13-8-14-37-25;1-2;/h4-14,16-19H,15H2,1-3H3,(H,31,32,33);1-2H3;1H2. The van der Waals surface area contributed by atoms with Crippen LogP contribution < -0.4 is 10.1 Å². The minimum Gasteiger partial charge on any atom is -0.465 e. The van der Waals surface area contributed by atoms with E-state index in [9.17, 15) is 4.79 Å². The van der Waals surface area contributed by atoms with E-state index in [1.165, 1.54) is 7.11 Å². The highest BCUT2D eigenvalue weighted by Crippen LogP contribution is 2.37. The lowest BCUT2D eigenvalue weighted by Crippen LogP contribution is -2.07. The average Bonchev–Trinajstić information content (AvgIpc) is 3.65. The van der Waals surface area contributed by atoms with Gasteiger partial charge in [0.2, 0.25) is 0 Å². The molecular weight excluding hydrogens is 571 g/mol. The van der Waals surface area contributed by atoms with Gasteiger partial charge in [0.15, 0.2) is 5.13 Å². The molecule has 0 aliphatic carbocycles. The topological polar surface area (TPSA) is 73.3 Å². The molecule has 1 N–H and O–H groups in total. The van der Waals surface area contributed by atoms with Crippen LogP contribution in [-0.4, -0.2) is 23.0 Å². The fourth-order valence-corrected chi connectivity index (χ4v) is 5.88.